The fourth-order valence-corrected chi connectivity index (χ4v) is 2.23. The number of nitrogens with one attached hydrogen (secondary N) is 1. The first-order valence-electron chi connectivity index (χ1n) is 5.80. The molecule has 0 saturated carbocycles. The second-order valence-corrected chi connectivity index (χ2v) is 4.23. The molecule has 0 amide bonds. The summed E-state index contributed by atoms with van der Waals surface area (Å²) in [6.45, 7) is 4.66. The third kappa shape index (κ3) is 2.83. The topological polar surface area (TPSA) is 28.4 Å². The molecule has 1 aromatic rings. The van der Waals surface area contributed by atoms with Gasteiger partial charge in [0, 0.05) is 19.0 Å². The van der Waals surface area contributed by atoms with Crippen molar-refractivity contribution in [3.05, 3.63) is 24.2 Å². The molecule has 15 heavy (non-hydrogen) atoms. The van der Waals surface area contributed by atoms with Crippen LogP contribution in [-0.2, 0) is 0 Å². The summed E-state index contributed by atoms with van der Waals surface area (Å²) in [5.74, 6) is 1.81. The van der Waals surface area contributed by atoms with E-state index in [0.717, 1.165) is 6.54 Å². The quantitative estimate of drug-likeness (QED) is 0.816. The molecular formula is C12H20N2O. The summed E-state index contributed by atoms with van der Waals surface area (Å²) in [5.41, 5.74) is 0. The average Bonchev–Trinajstić information content (AvgIpc) is 2.80. The molecule has 0 spiro atoms. The first kappa shape index (κ1) is 10.7. The molecule has 0 unspecified atom stereocenters. The Bertz CT molecular complexity index is 263. The van der Waals surface area contributed by atoms with E-state index in [9.17, 15) is 0 Å². The van der Waals surface area contributed by atoms with Crippen LogP contribution in [0.2, 0.25) is 0 Å². The zero-order valence-electron chi connectivity index (χ0n) is 9.41. The molecule has 0 aliphatic carbocycles. The summed E-state index contributed by atoms with van der Waals surface area (Å²) in [4.78, 5) is 2.52. The molecule has 0 bridgehead atoms. The monoisotopic (exact) mass is 208 g/mol. The third-order valence-electron chi connectivity index (χ3n) is 3.21. The van der Waals surface area contributed by atoms with Gasteiger partial charge >= 0.3 is 0 Å². The molecule has 2 heterocycles. The van der Waals surface area contributed by atoms with Gasteiger partial charge in [0.1, 0.15) is 5.76 Å². The minimum atomic E-state index is 0.644. The fourth-order valence-electron chi connectivity index (χ4n) is 2.23. The van der Waals surface area contributed by atoms with Crippen molar-refractivity contribution < 1.29 is 4.42 Å². The number of rotatable bonds is 4. The largest absolute Gasteiger partial charge is 0.469 e. The van der Waals surface area contributed by atoms with Gasteiger partial charge in [0.05, 0.1) is 6.26 Å². The lowest BCUT2D eigenvalue weighted by Gasteiger charge is -2.30. The van der Waals surface area contributed by atoms with Gasteiger partial charge in [-0.2, -0.15) is 0 Å². The molecule has 1 aliphatic heterocycles. The van der Waals surface area contributed by atoms with Crippen LogP contribution in [0.25, 0.3) is 0 Å². The van der Waals surface area contributed by atoms with Crippen molar-refractivity contribution >= 4 is 0 Å². The van der Waals surface area contributed by atoms with E-state index in [0.29, 0.717) is 5.92 Å². The summed E-state index contributed by atoms with van der Waals surface area (Å²) in [6.07, 6.45) is 4.25. The number of piperidine rings is 1. The zero-order chi connectivity index (χ0) is 10.5. The second kappa shape index (κ2) is 5.33. The van der Waals surface area contributed by atoms with Crippen molar-refractivity contribution in [1.82, 2.24) is 10.2 Å². The molecule has 0 aromatic carbocycles. The predicted molar refractivity (Wildman–Crippen MR) is 61.0 cm³/mol. The maximum absolute atomic E-state index is 5.46. The van der Waals surface area contributed by atoms with Gasteiger partial charge in [0.2, 0.25) is 0 Å². The van der Waals surface area contributed by atoms with E-state index in [1.807, 2.05) is 13.1 Å². The molecular weight excluding hydrogens is 188 g/mol. The Morgan fingerprint density at radius 1 is 1.47 bits per heavy atom. The van der Waals surface area contributed by atoms with Crippen LogP contribution in [-0.4, -0.2) is 38.1 Å². The van der Waals surface area contributed by atoms with Crippen molar-refractivity contribution in [2.45, 2.75) is 18.8 Å². The van der Waals surface area contributed by atoms with Gasteiger partial charge in [-0.1, -0.05) is 0 Å². The molecule has 1 aliphatic rings. The molecule has 3 nitrogen and oxygen atoms in total. The van der Waals surface area contributed by atoms with Gasteiger partial charge in [0.25, 0.3) is 0 Å². The maximum atomic E-state index is 5.46. The Hall–Kier alpha value is -0.800. The lowest BCUT2D eigenvalue weighted by Crippen LogP contribution is -2.37. The van der Waals surface area contributed by atoms with Gasteiger partial charge < -0.3 is 14.6 Å². The highest BCUT2D eigenvalue weighted by Gasteiger charge is 2.21. The summed E-state index contributed by atoms with van der Waals surface area (Å²) in [5, 5.41) is 3.19. The van der Waals surface area contributed by atoms with E-state index in [1.165, 1.54) is 38.2 Å². The van der Waals surface area contributed by atoms with Gasteiger partial charge in [-0.05, 0) is 45.1 Å². The van der Waals surface area contributed by atoms with Crippen LogP contribution in [0, 0.1) is 0 Å². The first-order chi connectivity index (χ1) is 7.40. The SMILES string of the molecule is CNCCN1CCC(c2ccco2)CC1. The minimum absolute atomic E-state index is 0.644. The Kier molecular flexibility index (Phi) is 3.80. The number of likely N-dealkylation sites (N-methyl/N-ethyl adjacent to an activating group) is 1. The highest BCUT2D eigenvalue weighted by atomic mass is 16.3. The van der Waals surface area contributed by atoms with E-state index < -0.39 is 0 Å². The van der Waals surface area contributed by atoms with E-state index in [2.05, 4.69) is 16.3 Å². The lowest BCUT2D eigenvalue weighted by atomic mass is 9.94. The van der Waals surface area contributed by atoms with Gasteiger partial charge in [-0.15, -0.1) is 0 Å². The lowest BCUT2D eigenvalue weighted by molar-refractivity contribution is 0.204. The molecule has 0 atom stereocenters. The normalized spacial score (nSPS) is 19.5. The van der Waals surface area contributed by atoms with Gasteiger partial charge in [-0.25, -0.2) is 0 Å². The van der Waals surface area contributed by atoms with Crippen molar-refractivity contribution in [1.29, 1.82) is 0 Å². The van der Waals surface area contributed by atoms with Crippen LogP contribution in [0.5, 0.6) is 0 Å². The van der Waals surface area contributed by atoms with Crippen LogP contribution >= 0.6 is 0 Å². The van der Waals surface area contributed by atoms with Crippen LogP contribution in [0.3, 0.4) is 0 Å². The molecule has 1 saturated heterocycles. The summed E-state index contributed by atoms with van der Waals surface area (Å²) < 4.78 is 5.46. The van der Waals surface area contributed by atoms with Crippen molar-refractivity contribution in [3.8, 4) is 0 Å². The number of likely N-dealkylation sites (tertiary alicyclic amines) is 1. The maximum Gasteiger partial charge on any atom is 0.106 e. The highest BCUT2D eigenvalue weighted by Crippen LogP contribution is 2.27. The summed E-state index contributed by atoms with van der Waals surface area (Å²) in [7, 11) is 2.01. The van der Waals surface area contributed by atoms with Crippen molar-refractivity contribution in [2.75, 3.05) is 33.2 Å². The van der Waals surface area contributed by atoms with Gasteiger partial charge in [-0.3, -0.25) is 0 Å². The van der Waals surface area contributed by atoms with Crippen LogP contribution in [0.4, 0.5) is 0 Å². The Morgan fingerprint density at radius 3 is 2.87 bits per heavy atom. The minimum Gasteiger partial charge on any atom is -0.469 e. The van der Waals surface area contributed by atoms with E-state index >= 15 is 0 Å². The zero-order valence-corrected chi connectivity index (χ0v) is 9.41. The van der Waals surface area contributed by atoms with Crippen LogP contribution < -0.4 is 5.32 Å². The standard InChI is InChI=1S/C12H20N2O/c1-13-6-9-14-7-4-11(5-8-14)12-3-2-10-15-12/h2-3,10-11,13H,4-9H2,1H3. The number of nitrogens with zero attached hydrogens (tertiary/aromatic N) is 1. The number of hydrogen-bond donors (Lipinski definition) is 1. The van der Waals surface area contributed by atoms with Crippen molar-refractivity contribution in [3.63, 3.8) is 0 Å². The van der Waals surface area contributed by atoms with E-state index in [-0.39, 0.29) is 0 Å². The molecule has 84 valence electrons. The Morgan fingerprint density at radius 2 is 2.27 bits per heavy atom. The number of furan rings is 1. The van der Waals surface area contributed by atoms with Gasteiger partial charge in [0.15, 0.2) is 0 Å². The highest BCUT2D eigenvalue weighted by molar-refractivity contribution is 5.06. The van der Waals surface area contributed by atoms with Crippen LogP contribution in [0.1, 0.15) is 24.5 Å². The third-order valence-corrected chi connectivity index (χ3v) is 3.21. The summed E-state index contributed by atoms with van der Waals surface area (Å²) >= 11 is 0. The Labute approximate surface area is 91.4 Å². The average molecular weight is 208 g/mol. The van der Waals surface area contributed by atoms with Crippen molar-refractivity contribution in [2.24, 2.45) is 0 Å². The smallest absolute Gasteiger partial charge is 0.106 e. The van der Waals surface area contributed by atoms with Crippen LogP contribution in [0.15, 0.2) is 22.8 Å². The molecule has 0 radical (unpaired) electrons. The first-order valence-corrected chi connectivity index (χ1v) is 5.80. The fraction of sp³-hybridized carbons (Fsp3) is 0.667. The molecule has 2 rings (SSSR count). The molecule has 1 N–H and O–H groups in total. The summed E-state index contributed by atoms with van der Waals surface area (Å²) in [6, 6.07) is 4.09. The van der Waals surface area contributed by atoms with E-state index in [4.69, 9.17) is 4.42 Å². The predicted octanol–water partition coefficient (Wildman–Crippen LogP) is 1.68. The Balaban J connectivity index is 1.77. The second-order valence-electron chi connectivity index (χ2n) is 4.23. The number of hydrogen-bond acceptors (Lipinski definition) is 3. The molecule has 1 aromatic heterocycles. The van der Waals surface area contributed by atoms with E-state index in [1.54, 1.807) is 6.26 Å². The molecule has 1 fully saturated rings. The molecule has 3 heteroatoms.